The second kappa shape index (κ2) is 7.58. The van der Waals surface area contributed by atoms with Gasteiger partial charge in [0, 0.05) is 34.9 Å². The van der Waals surface area contributed by atoms with Crippen LogP contribution in [0.25, 0.3) is 21.8 Å². The topological polar surface area (TPSA) is 57.8 Å². The van der Waals surface area contributed by atoms with Crippen LogP contribution in [-0.4, -0.2) is 22.4 Å². The number of para-hydroxylation sites is 1. The van der Waals surface area contributed by atoms with Crippen LogP contribution in [0.2, 0.25) is 0 Å². The number of aromatic nitrogens is 2. The van der Waals surface area contributed by atoms with Gasteiger partial charge in [0.15, 0.2) is 0 Å². The molecule has 0 atom stereocenters. The van der Waals surface area contributed by atoms with E-state index < -0.39 is 0 Å². The quantitative estimate of drug-likeness (QED) is 0.542. The zero-order chi connectivity index (χ0) is 18.6. The van der Waals surface area contributed by atoms with Gasteiger partial charge < -0.3 is 10.3 Å². The standard InChI is InChI=1S/C22H20FN3O/c23-16-7-5-15(6-8-16)11-12-24-22(27)10-9-17-13-19-18-3-1-2-4-20(18)26-21(19)14-25-17/h1-8,13-14,26H,9-12H2,(H,24,27). The van der Waals surface area contributed by atoms with Crippen LogP contribution in [0.4, 0.5) is 4.39 Å². The van der Waals surface area contributed by atoms with Crippen molar-refractivity contribution in [2.45, 2.75) is 19.3 Å². The van der Waals surface area contributed by atoms with Crippen LogP contribution in [0.5, 0.6) is 0 Å². The minimum Gasteiger partial charge on any atom is -0.356 e. The van der Waals surface area contributed by atoms with Crippen LogP contribution in [0, 0.1) is 5.82 Å². The number of carbonyl (C=O) groups excluding carboxylic acids is 1. The summed E-state index contributed by atoms with van der Waals surface area (Å²) in [7, 11) is 0. The van der Waals surface area contributed by atoms with Crippen molar-refractivity contribution < 1.29 is 9.18 Å². The van der Waals surface area contributed by atoms with Gasteiger partial charge in [-0.05, 0) is 42.7 Å². The lowest BCUT2D eigenvalue weighted by Crippen LogP contribution is -2.25. The van der Waals surface area contributed by atoms with Crippen molar-refractivity contribution in [3.63, 3.8) is 0 Å². The summed E-state index contributed by atoms with van der Waals surface area (Å²) in [6, 6.07) is 16.5. The van der Waals surface area contributed by atoms with Gasteiger partial charge in [-0.3, -0.25) is 9.78 Å². The molecule has 0 aliphatic heterocycles. The SMILES string of the molecule is O=C(CCc1cc2c(cn1)[nH]c1ccccc12)NCCc1ccc(F)cc1. The summed E-state index contributed by atoms with van der Waals surface area (Å²) in [6.07, 6.45) is 3.50. The Bertz CT molecular complexity index is 1090. The molecule has 0 radical (unpaired) electrons. The highest BCUT2D eigenvalue weighted by atomic mass is 19.1. The molecule has 4 nitrogen and oxygen atoms in total. The zero-order valence-electron chi connectivity index (χ0n) is 14.8. The van der Waals surface area contributed by atoms with Gasteiger partial charge in [-0.1, -0.05) is 30.3 Å². The van der Waals surface area contributed by atoms with Crippen LogP contribution in [-0.2, 0) is 17.6 Å². The van der Waals surface area contributed by atoms with Crippen molar-refractivity contribution in [2.24, 2.45) is 0 Å². The Morgan fingerprint density at radius 3 is 2.67 bits per heavy atom. The highest BCUT2D eigenvalue weighted by molar-refractivity contribution is 6.06. The predicted molar refractivity (Wildman–Crippen MR) is 105 cm³/mol. The lowest BCUT2D eigenvalue weighted by molar-refractivity contribution is -0.121. The fourth-order valence-electron chi connectivity index (χ4n) is 3.26. The Balaban J connectivity index is 1.33. The molecule has 2 heterocycles. The molecule has 27 heavy (non-hydrogen) atoms. The first-order chi connectivity index (χ1) is 13.2. The first-order valence-corrected chi connectivity index (χ1v) is 9.05. The van der Waals surface area contributed by atoms with Gasteiger partial charge in [0.05, 0.1) is 11.7 Å². The summed E-state index contributed by atoms with van der Waals surface area (Å²) in [5.74, 6) is -0.250. The van der Waals surface area contributed by atoms with Gasteiger partial charge in [0.25, 0.3) is 0 Å². The molecule has 0 unspecified atom stereocenters. The number of halogens is 1. The number of H-pyrrole nitrogens is 1. The number of hydrogen-bond donors (Lipinski definition) is 2. The van der Waals surface area contributed by atoms with E-state index in [1.807, 2.05) is 24.4 Å². The Labute approximate surface area is 156 Å². The molecule has 0 aliphatic rings. The van der Waals surface area contributed by atoms with E-state index in [1.54, 1.807) is 12.1 Å². The van der Waals surface area contributed by atoms with Gasteiger partial charge in [-0.2, -0.15) is 0 Å². The van der Waals surface area contributed by atoms with E-state index in [-0.39, 0.29) is 11.7 Å². The maximum absolute atomic E-state index is 12.9. The number of carbonyl (C=O) groups is 1. The Hall–Kier alpha value is -3.21. The summed E-state index contributed by atoms with van der Waals surface area (Å²) in [6.45, 7) is 0.541. The molecule has 0 aliphatic carbocycles. The molecule has 0 saturated heterocycles. The minimum atomic E-state index is -0.248. The number of aromatic amines is 1. The van der Waals surface area contributed by atoms with Crippen molar-refractivity contribution in [1.29, 1.82) is 0 Å². The summed E-state index contributed by atoms with van der Waals surface area (Å²) in [5.41, 5.74) is 4.00. The van der Waals surface area contributed by atoms with Crippen LogP contribution in [0.1, 0.15) is 17.7 Å². The summed E-state index contributed by atoms with van der Waals surface area (Å²) >= 11 is 0. The maximum Gasteiger partial charge on any atom is 0.220 e. The maximum atomic E-state index is 12.9. The predicted octanol–water partition coefficient (Wildman–Crippen LogP) is 4.15. The molecule has 5 heteroatoms. The first-order valence-electron chi connectivity index (χ1n) is 9.05. The van der Waals surface area contributed by atoms with E-state index in [4.69, 9.17) is 0 Å². The number of amides is 1. The van der Waals surface area contributed by atoms with Crippen LogP contribution >= 0.6 is 0 Å². The highest BCUT2D eigenvalue weighted by Crippen LogP contribution is 2.25. The summed E-state index contributed by atoms with van der Waals surface area (Å²) in [5, 5.41) is 5.21. The molecule has 0 fully saturated rings. The lowest BCUT2D eigenvalue weighted by Gasteiger charge is -2.06. The van der Waals surface area contributed by atoms with E-state index >= 15 is 0 Å². The summed E-state index contributed by atoms with van der Waals surface area (Å²) < 4.78 is 12.9. The fourth-order valence-corrected chi connectivity index (χ4v) is 3.26. The Morgan fingerprint density at radius 1 is 1.00 bits per heavy atom. The van der Waals surface area contributed by atoms with Gasteiger partial charge in [0.1, 0.15) is 5.82 Å². The van der Waals surface area contributed by atoms with Crippen molar-refractivity contribution >= 4 is 27.7 Å². The average molecular weight is 361 g/mol. The number of aryl methyl sites for hydroxylation is 1. The third-order valence-electron chi connectivity index (χ3n) is 4.70. The van der Waals surface area contributed by atoms with E-state index in [2.05, 4.69) is 27.4 Å². The van der Waals surface area contributed by atoms with Gasteiger partial charge in [-0.25, -0.2) is 4.39 Å². The molecule has 0 saturated carbocycles. The molecular formula is C22H20FN3O. The number of nitrogens with one attached hydrogen (secondary N) is 2. The molecule has 4 rings (SSSR count). The summed E-state index contributed by atoms with van der Waals surface area (Å²) in [4.78, 5) is 19.9. The third kappa shape index (κ3) is 3.97. The van der Waals surface area contributed by atoms with Gasteiger partial charge in [-0.15, -0.1) is 0 Å². The fraction of sp³-hybridized carbons (Fsp3) is 0.182. The number of pyridine rings is 1. The smallest absolute Gasteiger partial charge is 0.220 e. The van der Waals surface area contributed by atoms with Crippen molar-refractivity contribution in [3.05, 3.63) is 77.9 Å². The van der Waals surface area contributed by atoms with Crippen molar-refractivity contribution in [2.75, 3.05) is 6.54 Å². The molecule has 136 valence electrons. The van der Waals surface area contributed by atoms with E-state index in [1.165, 1.54) is 17.5 Å². The van der Waals surface area contributed by atoms with Crippen molar-refractivity contribution in [3.8, 4) is 0 Å². The number of fused-ring (bicyclic) bond motifs is 3. The molecule has 2 N–H and O–H groups in total. The van der Waals surface area contributed by atoms with E-state index in [0.717, 1.165) is 27.7 Å². The van der Waals surface area contributed by atoms with E-state index in [0.29, 0.717) is 25.8 Å². The van der Waals surface area contributed by atoms with Gasteiger partial charge in [0.2, 0.25) is 5.91 Å². The van der Waals surface area contributed by atoms with Crippen LogP contribution in [0.3, 0.4) is 0 Å². The van der Waals surface area contributed by atoms with Crippen LogP contribution < -0.4 is 5.32 Å². The third-order valence-corrected chi connectivity index (χ3v) is 4.70. The Kier molecular flexibility index (Phi) is 4.83. The number of nitrogens with zero attached hydrogens (tertiary/aromatic N) is 1. The minimum absolute atomic E-state index is 0.00191. The molecule has 2 aromatic carbocycles. The second-order valence-corrected chi connectivity index (χ2v) is 6.62. The van der Waals surface area contributed by atoms with Gasteiger partial charge >= 0.3 is 0 Å². The number of benzene rings is 2. The largest absolute Gasteiger partial charge is 0.356 e. The second-order valence-electron chi connectivity index (χ2n) is 6.62. The molecule has 0 bridgehead atoms. The first kappa shape index (κ1) is 17.2. The number of hydrogen-bond acceptors (Lipinski definition) is 2. The average Bonchev–Trinajstić information content (AvgIpc) is 3.06. The molecular weight excluding hydrogens is 341 g/mol. The molecule has 4 aromatic rings. The molecule has 1 amide bonds. The van der Waals surface area contributed by atoms with Crippen molar-refractivity contribution in [1.82, 2.24) is 15.3 Å². The molecule has 0 spiro atoms. The lowest BCUT2D eigenvalue weighted by atomic mass is 10.1. The molecule has 2 aromatic heterocycles. The van der Waals surface area contributed by atoms with Crippen LogP contribution in [0.15, 0.2) is 60.8 Å². The van der Waals surface area contributed by atoms with E-state index in [9.17, 15) is 9.18 Å². The monoisotopic (exact) mass is 361 g/mol. The Morgan fingerprint density at radius 2 is 1.81 bits per heavy atom. The normalized spacial score (nSPS) is 11.1. The number of rotatable bonds is 6. The zero-order valence-corrected chi connectivity index (χ0v) is 14.8. The highest BCUT2D eigenvalue weighted by Gasteiger charge is 2.07.